The van der Waals surface area contributed by atoms with Gasteiger partial charge in [0.1, 0.15) is 0 Å². The van der Waals surface area contributed by atoms with Gasteiger partial charge in [0.15, 0.2) is 0 Å². The Morgan fingerprint density at radius 3 is 2.50 bits per heavy atom. The first-order chi connectivity index (χ1) is 12.6. The zero-order valence-corrected chi connectivity index (χ0v) is 15.6. The van der Waals surface area contributed by atoms with Gasteiger partial charge >= 0.3 is 0 Å². The number of hydrogen-bond acceptors (Lipinski definition) is 3. The van der Waals surface area contributed by atoms with Gasteiger partial charge in [-0.25, -0.2) is 0 Å². The normalized spacial score (nSPS) is 35.3. The average Bonchev–Trinajstić information content (AvgIpc) is 3.09. The van der Waals surface area contributed by atoms with E-state index in [-0.39, 0.29) is 12.0 Å². The average molecular weight is 357 g/mol. The Hall–Kier alpha value is -1.39. The molecule has 2 aliphatic carbocycles. The summed E-state index contributed by atoms with van der Waals surface area (Å²) in [5.74, 6) is 1.55. The molecule has 26 heavy (non-hydrogen) atoms. The number of likely N-dealkylation sites (tertiary alicyclic amines) is 1. The first-order valence-corrected chi connectivity index (χ1v) is 10.4. The van der Waals surface area contributed by atoms with E-state index >= 15 is 0 Å². The number of nitrogens with two attached hydrogens (primary N) is 1. The third-order valence-electron chi connectivity index (χ3n) is 7.10. The van der Waals surface area contributed by atoms with Gasteiger partial charge in [0, 0.05) is 24.5 Å². The molecule has 0 radical (unpaired) electrons. The summed E-state index contributed by atoms with van der Waals surface area (Å²) in [6, 6.07) is 10.3. The smallest absolute Gasteiger partial charge is 0.225 e. The first-order valence-electron chi connectivity index (χ1n) is 10.4. The Kier molecular flexibility index (Phi) is 5.32. The molecule has 0 aromatic heterocycles. The van der Waals surface area contributed by atoms with Crippen molar-refractivity contribution in [3.8, 4) is 0 Å². The number of rotatable bonds is 4. The molecule has 3 N–H and O–H groups in total. The Morgan fingerprint density at radius 1 is 1.12 bits per heavy atom. The van der Waals surface area contributed by atoms with Crippen LogP contribution in [-0.2, 0) is 4.79 Å². The number of hydrogen-bond donors (Lipinski definition) is 2. The maximum atomic E-state index is 13.3. The van der Waals surface area contributed by atoms with E-state index in [2.05, 4.69) is 4.90 Å². The van der Waals surface area contributed by atoms with Crippen LogP contribution in [0.15, 0.2) is 30.3 Å². The van der Waals surface area contributed by atoms with Gasteiger partial charge in [-0.05, 0) is 62.3 Å². The second-order valence-corrected chi connectivity index (χ2v) is 8.69. The summed E-state index contributed by atoms with van der Waals surface area (Å²) in [4.78, 5) is 15.4. The van der Waals surface area contributed by atoms with E-state index < -0.39 is 6.10 Å². The number of carbonyl (C=O) groups is 1. The van der Waals surface area contributed by atoms with Gasteiger partial charge in [-0.3, -0.25) is 4.79 Å². The van der Waals surface area contributed by atoms with Crippen LogP contribution in [0.3, 0.4) is 0 Å². The van der Waals surface area contributed by atoms with Crippen LogP contribution < -0.4 is 5.73 Å². The predicted molar refractivity (Wildman–Crippen MR) is 102 cm³/mol. The highest BCUT2D eigenvalue weighted by molar-refractivity contribution is 5.79. The second-order valence-electron chi connectivity index (χ2n) is 8.69. The van der Waals surface area contributed by atoms with Crippen molar-refractivity contribution in [2.45, 2.75) is 69.6 Å². The lowest BCUT2D eigenvalue weighted by Gasteiger charge is -2.44. The molecule has 4 atom stereocenters. The number of aliphatic hydroxyl groups excluding tert-OH is 1. The van der Waals surface area contributed by atoms with Crippen LogP contribution in [0.4, 0.5) is 0 Å². The van der Waals surface area contributed by atoms with Crippen LogP contribution in [0.2, 0.25) is 0 Å². The summed E-state index contributed by atoms with van der Waals surface area (Å²) in [5, 5.41) is 10.6. The summed E-state index contributed by atoms with van der Waals surface area (Å²) < 4.78 is 0. The van der Waals surface area contributed by atoms with Gasteiger partial charge in [0.2, 0.25) is 5.91 Å². The standard InChI is InChI=1S/C22H32N2O2/c23-21-16-8-4-9-17(21)13-18(12-16)22(26)24-11-5-10-19(24)14-20(25)15-6-2-1-3-7-15/h1-3,6-7,16-21,25H,4-5,8-14,23H2. The van der Waals surface area contributed by atoms with E-state index in [9.17, 15) is 9.90 Å². The minimum Gasteiger partial charge on any atom is -0.388 e. The third kappa shape index (κ3) is 3.54. The number of aliphatic hydroxyl groups is 1. The Balaban J connectivity index is 1.41. The molecule has 3 aliphatic rings. The van der Waals surface area contributed by atoms with Crippen molar-refractivity contribution in [1.29, 1.82) is 0 Å². The molecule has 2 saturated carbocycles. The molecule has 1 amide bonds. The van der Waals surface area contributed by atoms with Crippen molar-refractivity contribution in [3.05, 3.63) is 35.9 Å². The molecule has 4 rings (SSSR count). The Bertz CT molecular complexity index is 606. The number of benzene rings is 1. The third-order valence-corrected chi connectivity index (χ3v) is 7.10. The zero-order chi connectivity index (χ0) is 18.1. The van der Waals surface area contributed by atoms with E-state index in [0.29, 0.717) is 30.2 Å². The van der Waals surface area contributed by atoms with Gasteiger partial charge in [-0.15, -0.1) is 0 Å². The first kappa shape index (κ1) is 18.0. The van der Waals surface area contributed by atoms with Crippen molar-refractivity contribution in [3.63, 3.8) is 0 Å². The minimum absolute atomic E-state index is 0.152. The fraction of sp³-hybridized carbons (Fsp3) is 0.682. The fourth-order valence-electron chi connectivity index (χ4n) is 5.67. The van der Waals surface area contributed by atoms with Crippen molar-refractivity contribution >= 4 is 5.91 Å². The van der Waals surface area contributed by atoms with E-state index in [4.69, 9.17) is 5.73 Å². The predicted octanol–water partition coefficient (Wildman–Crippen LogP) is 3.25. The number of carbonyl (C=O) groups excluding carboxylic acids is 1. The summed E-state index contributed by atoms with van der Waals surface area (Å²) in [5.41, 5.74) is 7.35. The SMILES string of the molecule is NC1C2CCCC1CC(C(=O)N1CCCC1CC(O)c1ccccc1)C2. The van der Waals surface area contributed by atoms with Crippen molar-refractivity contribution in [1.82, 2.24) is 4.90 Å². The molecular weight excluding hydrogens is 324 g/mol. The van der Waals surface area contributed by atoms with Crippen LogP contribution in [0.1, 0.15) is 63.0 Å². The van der Waals surface area contributed by atoms with Gasteiger partial charge in [-0.2, -0.15) is 0 Å². The molecule has 1 aromatic rings. The van der Waals surface area contributed by atoms with Crippen LogP contribution in [-0.4, -0.2) is 34.5 Å². The molecule has 1 saturated heterocycles. The summed E-state index contributed by atoms with van der Waals surface area (Å²) in [7, 11) is 0. The quantitative estimate of drug-likeness (QED) is 0.870. The lowest BCUT2D eigenvalue weighted by atomic mass is 9.65. The molecule has 142 valence electrons. The Labute approximate surface area is 156 Å². The van der Waals surface area contributed by atoms with Gasteiger partial charge < -0.3 is 15.7 Å². The highest BCUT2D eigenvalue weighted by Gasteiger charge is 2.43. The largest absolute Gasteiger partial charge is 0.388 e. The van der Waals surface area contributed by atoms with E-state index in [1.165, 1.54) is 19.3 Å². The molecule has 2 bridgehead atoms. The molecule has 4 heteroatoms. The van der Waals surface area contributed by atoms with Gasteiger partial charge in [0.25, 0.3) is 0 Å². The molecule has 0 spiro atoms. The van der Waals surface area contributed by atoms with Crippen LogP contribution in [0.5, 0.6) is 0 Å². The topological polar surface area (TPSA) is 66.6 Å². The van der Waals surface area contributed by atoms with Gasteiger partial charge in [0.05, 0.1) is 6.10 Å². The minimum atomic E-state index is -0.492. The molecular formula is C22H32N2O2. The van der Waals surface area contributed by atoms with E-state index in [0.717, 1.165) is 37.8 Å². The second kappa shape index (κ2) is 7.69. The molecule has 1 aliphatic heterocycles. The van der Waals surface area contributed by atoms with Gasteiger partial charge in [-0.1, -0.05) is 36.8 Å². The monoisotopic (exact) mass is 356 g/mol. The molecule has 1 heterocycles. The van der Waals surface area contributed by atoms with Crippen LogP contribution in [0.25, 0.3) is 0 Å². The molecule has 4 unspecified atom stereocenters. The van der Waals surface area contributed by atoms with E-state index in [1.807, 2.05) is 30.3 Å². The lowest BCUT2D eigenvalue weighted by Crippen LogP contribution is -2.50. The maximum absolute atomic E-state index is 13.3. The number of nitrogens with zero attached hydrogens (tertiary/aromatic N) is 1. The zero-order valence-electron chi connectivity index (χ0n) is 15.6. The van der Waals surface area contributed by atoms with E-state index in [1.54, 1.807) is 0 Å². The molecule has 3 fully saturated rings. The van der Waals surface area contributed by atoms with Crippen molar-refractivity contribution < 1.29 is 9.90 Å². The maximum Gasteiger partial charge on any atom is 0.225 e. The number of fused-ring (bicyclic) bond motifs is 2. The molecule has 1 aromatic carbocycles. The van der Waals surface area contributed by atoms with Crippen LogP contribution in [0, 0.1) is 17.8 Å². The highest BCUT2D eigenvalue weighted by Crippen LogP contribution is 2.43. The Morgan fingerprint density at radius 2 is 1.81 bits per heavy atom. The van der Waals surface area contributed by atoms with Crippen molar-refractivity contribution in [2.75, 3.05) is 6.54 Å². The fourth-order valence-corrected chi connectivity index (χ4v) is 5.67. The molecule has 4 nitrogen and oxygen atoms in total. The summed E-state index contributed by atoms with van der Waals surface area (Å²) in [6.07, 6.45) is 7.82. The highest BCUT2D eigenvalue weighted by atomic mass is 16.3. The summed E-state index contributed by atoms with van der Waals surface area (Å²) in [6.45, 7) is 0.850. The van der Waals surface area contributed by atoms with Crippen molar-refractivity contribution in [2.24, 2.45) is 23.5 Å². The van der Waals surface area contributed by atoms with Crippen LogP contribution >= 0.6 is 0 Å². The lowest BCUT2D eigenvalue weighted by molar-refractivity contribution is -0.140. The summed E-state index contributed by atoms with van der Waals surface area (Å²) >= 11 is 0. The number of amides is 1.